The number of fused-ring (bicyclic) bond motifs is 3. The second-order valence-electron chi connectivity index (χ2n) is 5.93. The number of carboxylic acid groups (broad SMARTS) is 1. The maximum absolute atomic E-state index is 11.2. The number of aliphatic imine (C=N–C) groups is 1. The molecule has 3 aromatic rings. The van der Waals surface area contributed by atoms with E-state index in [1.807, 2.05) is 35.7 Å². The largest absolute Gasteiger partial charge is 0.481 e. The number of carbonyl (C=O) groups is 1. The number of methoxy groups -OCH3 is 1. The minimum absolute atomic E-state index is 0.169. The van der Waals surface area contributed by atoms with Crippen molar-refractivity contribution in [2.75, 3.05) is 7.11 Å². The molecule has 0 aromatic carbocycles. The molecule has 1 aliphatic rings. The Morgan fingerprint density at radius 2 is 2.16 bits per heavy atom. The van der Waals surface area contributed by atoms with Crippen LogP contribution in [0.4, 0.5) is 5.82 Å². The van der Waals surface area contributed by atoms with Crippen LogP contribution in [0.5, 0.6) is 5.88 Å². The minimum Gasteiger partial charge on any atom is -0.481 e. The van der Waals surface area contributed by atoms with E-state index in [1.54, 1.807) is 13.3 Å². The average molecular weight is 336 g/mol. The quantitative estimate of drug-likeness (QED) is 0.794. The van der Waals surface area contributed by atoms with Crippen LogP contribution in [0.2, 0.25) is 0 Å². The molecule has 0 bridgehead atoms. The molecule has 1 N–H and O–H groups in total. The number of pyridine rings is 2. The average Bonchev–Trinajstić information content (AvgIpc) is 2.97. The summed E-state index contributed by atoms with van der Waals surface area (Å²) in [4.78, 5) is 24.4. The lowest BCUT2D eigenvalue weighted by Gasteiger charge is -2.10. The molecule has 3 aromatic heterocycles. The van der Waals surface area contributed by atoms with Crippen molar-refractivity contribution in [1.82, 2.24) is 14.4 Å². The van der Waals surface area contributed by atoms with E-state index in [1.165, 1.54) is 0 Å². The van der Waals surface area contributed by atoms with Crippen LogP contribution in [-0.4, -0.2) is 38.3 Å². The zero-order valence-corrected chi connectivity index (χ0v) is 13.9. The molecule has 0 saturated carbocycles. The van der Waals surface area contributed by atoms with Gasteiger partial charge in [-0.3, -0.25) is 4.40 Å². The van der Waals surface area contributed by atoms with Gasteiger partial charge in [-0.1, -0.05) is 0 Å². The van der Waals surface area contributed by atoms with Gasteiger partial charge >= 0.3 is 5.97 Å². The first-order valence-electron chi connectivity index (χ1n) is 7.89. The second-order valence-corrected chi connectivity index (χ2v) is 5.93. The molecular weight excluding hydrogens is 320 g/mol. The van der Waals surface area contributed by atoms with E-state index in [0.717, 1.165) is 28.0 Å². The number of carboxylic acids is 1. The van der Waals surface area contributed by atoms with E-state index >= 15 is 0 Å². The molecule has 0 fully saturated rings. The van der Waals surface area contributed by atoms with Gasteiger partial charge in [-0.25, -0.2) is 19.8 Å². The molecule has 0 spiro atoms. The molecule has 4 heterocycles. The van der Waals surface area contributed by atoms with Gasteiger partial charge in [0.25, 0.3) is 0 Å². The van der Waals surface area contributed by atoms with E-state index in [-0.39, 0.29) is 5.71 Å². The van der Waals surface area contributed by atoms with Gasteiger partial charge in [0.1, 0.15) is 11.4 Å². The van der Waals surface area contributed by atoms with Gasteiger partial charge in [0, 0.05) is 36.0 Å². The molecule has 0 unspecified atom stereocenters. The summed E-state index contributed by atoms with van der Waals surface area (Å²) in [6.07, 6.45) is 4.68. The fourth-order valence-electron chi connectivity index (χ4n) is 3.05. The van der Waals surface area contributed by atoms with Crippen LogP contribution >= 0.6 is 0 Å². The highest BCUT2D eigenvalue weighted by Crippen LogP contribution is 2.31. The molecule has 126 valence electrons. The summed E-state index contributed by atoms with van der Waals surface area (Å²) in [5, 5.41) is 9.22. The highest BCUT2D eigenvalue weighted by molar-refractivity contribution is 6.36. The lowest BCUT2D eigenvalue weighted by Crippen LogP contribution is -2.16. The van der Waals surface area contributed by atoms with Crippen molar-refractivity contribution in [2.24, 2.45) is 4.99 Å². The van der Waals surface area contributed by atoms with Crippen molar-refractivity contribution >= 4 is 23.1 Å². The summed E-state index contributed by atoms with van der Waals surface area (Å²) in [5.41, 5.74) is 4.76. The summed E-state index contributed by atoms with van der Waals surface area (Å²) in [6, 6.07) is 5.73. The standard InChI is InChI=1S/C18H16N4O3/c1-10-7-15-20-13-4-5-14(18(23)24)21-17(13)22(15)9-12(10)11-3-6-16(25-2)19-8-11/h3,6-9H,4-5H2,1-2H3,(H,23,24). The Hall–Kier alpha value is -3.22. The molecule has 0 atom stereocenters. The van der Waals surface area contributed by atoms with Crippen LogP contribution in [0.15, 0.2) is 35.6 Å². The van der Waals surface area contributed by atoms with Crippen molar-refractivity contribution in [1.29, 1.82) is 0 Å². The highest BCUT2D eigenvalue weighted by Gasteiger charge is 2.22. The molecule has 7 heteroatoms. The maximum Gasteiger partial charge on any atom is 0.350 e. The molecule has 0 saturated heterocycles. The predicted octanol–water partition coefficient (Wildman–Crippen LogP) is 2.82. The molecule has 0 radical (unpaired) electrons. The number of aryl methyl sites for hydroxylation is 2. The lowest BCUT2D eigenvalue weighted by atomic mass is 10.0. The van der Waals surface area contributed by atoms with Crippen LogP contribution < -0.4 is 4.74 Å². The van der Waals surface area contributed by atoms with Gasteiger partial charge in [-0.2, -0.15) is 0 Å². The van der Waals surface area contributed by atoms with E-state index in [0.29, 0.717) is 24.5 Å². The van der Waals surface area contributed by atoms with Crippen LogP contribution in [0.3, 0.4) is 0 Å². The summed E-state index contributed by atoms with van der Waals surface area (Å²) >= 11 is 0. The Balaban J connectivity index is 1.89. The number of imidazole rings is 1. The second kappa shape index (κ2) is 5.70. The Kier molecular flexibility index (Phi) is 3.49. The Bertz CT molecular complexity index is 1020. The van der Waals surface area contributed by atoms with Gasteiger partial charge < -0.3 is 9.84 Å². The fraction of sp³-hybridized carbons (Fsp3) is 0.222. The predicted molar refractivity (Wildman–Crippen MR) is 92.8 cm³/mol. The van der Waals surface area contributed by atoms with E-state index in [4.69, 9.17) is 4.74 Å². The van der Waals surface area contributed by atoms with Gasteiger partial charge in [-0.15, -0.1) is 0 Å². The van der Waals surface area contributed by atoms with Crippen LogP contribution in [0, 0.1) is 6.92 Å². The van der Waals surface area contributed by atoms with Crippen molar-refractivity contribution < 1.29 is 14.6 Å². The minimum atomic E-state index is -0.979. The Labute approximate surface area is 143 Å². The number of ether oxygens (including phenoxy) is 1. The number of aliphatic carboxylic acids is 1. The van der Waals surface area contributed by atoms with E-state index < -0.39 is 5.97 Å². The Morgan fingerprint density at radius 1 is 1.32 bits per heavy atom. The number of hydrogen-bond donors (Lipinski definition) is 1. The first-order valence-corrected chi connectivity index (χ1v) is 7.89. The van der Waals surface area contributed by atoms with E-state index in [9.17, 15) is 9.90 Å². The number of rotatable bonds is 3. The summed E-state index contributed by atoms with van der Waals surface area (Å²) in [6.45, 7) is 2.01. The molecular formula is C18H16N4O3. The van der Waals surface area contributed by atoms with Crippen molar-refractivity contribution in [3.63, 3.8) is 0 Å². The molecule has 1 aliphatic heterocycles. The van der Waals surface area contributed by atoms with Crippen LogP contribution in [0.25, 0.3) is 16.8 Å². The third-order valence-electron chi connectivity index (χ3n) is 4.35. The lowest BCUT2D eigenvalue weighted by molar-refractivity contribution is -0.129. The van der Waals surface area contributed by atoms with Gasteiger partial charge in [0.2, 0.25) is 5.88 Å². The highest BCUT2D eigenvalue weighted by atomic mass is 16.5. The third-order valence-corrected chi connectivity index (χ3v) is 4.35. The third kappa shape index (κ3) is 2.53. The fourth-order valence-corrected chi connectivity index (χ4v) is 3.05. The van der Waals surface area contributed by atoms with Crippen molar-refractivity contribution in [3.8, 4) is 17.0 Å². The molecule has 0 aliphatic carbocycles. The maximum atomic E-state index is 11.2. The zero-order valence-electron chi connectivity index (χ0n) is 13.9. The van der Waals surface area contributed by atoms with Gasteiger partial charge in [-0.05, 0) is 31.0 Å². The van der Waals surface area contributed by atoms with Crippen LogP contribution in [0.1, 0.15) is 17.7 Å². The van der Waals surface area contributed by atoms with Gasteiger partial charge in [0.05, 0.1) is 12.8 Å². The molecule has 7 nitrogen and oxygen atoms in total. The molecule has 0 amide bonds. The summed E-state index contributed by atoms with van der Waals surface area (Å²) < 4.78 is 6.95. The van der Waals surface area contributed by atoms with E-state index in [2.05, 4.69) is 15.0 Å². The smallest absolute Gasteiger partial charge is 0.350 e. The first-order chi connectivity index (χ1) is 12.1. The SMILES string of the molecule is COc1ccc(-c2cn3c4c(nc3cc2C)CCC(C(=O)O)=N4)cn1. The zero-order chi connectivity index (χ0) is 17.6. The van der Waals surface area contributed by atoms with Crippen molar-refractivity contribution in [2.45, 2.75) is 19.8 Å². The summed E-state index contributed by atoms with van der Waals surface area (Å²) in [5.74, 6) is 0.173. The first kappa shape index (κ1) is 15.3. The number of nitrogens with zero attached hydrogens (tertiary/aromatic N) is 4. The summed E-state index contributed by atoms with van der Waals surface area (Å²) in [7, 11) is 1.58. The van der Waals surface area contributed by atoms with Gasteiger partial charge in [0.15, 0.2) is 5.82 Å². The normalized spacial score (nSPS) is 13.4. The van der Waals surface area contributed by atoms with Crippen molar-refractivity contribution in [3.05, 3.63) is 41.9 Å². The topological polar surface area (TPSA) is 89.1 Å². The van der Waals surface area contributed by atoms with Crippen LogP contribution in [-0.2, 0) is 11.2 Å². The molecule has 4 rings (SSSR count). The number of hydrogen-bond acceptors (Lipinski definition) is 5. The Morgan fingerprint density at radius 3 is 2.84 bits per heavy atom. The number of aromatic nitrogens is 3. The monoisotopic (exact) mass is 336 g/mol. The molecule has 25 heavy (non-hydrogen) atoms.